The Hall–Kier alpha value is -2.67. The number of aryl methyl sites for hydroxylation is 1. The second-order valence-electron chi connectivity index (χ2n) is 5.93. The molecule has 1 aromatic heterocycles. The molecule has 7 nitrogen and oxygen atoms in total. The summed E-state index contributed by atoms with van der Waals surface area (Å²) >= 11 is 0. The van der Waals surface area contributed by atoms with Crippen molar-refractivity contribution in [3.05, 3.63) is 54.1 Å². The van der Waals surface area contributed by atoms with Crippen LogP contribution in [-0.4, -0.2) is 53.1 Å². The van der Waals surface area contributed by atoms with E-state index >= 15 is 0 Å². The van der Waals surface area contributed by atoms with Gasteiger partial charge in [-0.1, -0.05) is 18.2 Å². The average molecular weight is 342 g/mol. The Labute approximate surface area is 146 Å². The van der Waals surface area contributed by atoms with Crippen LogP contribution in [0.1, 0.15) is 28.4 Å². The molecule has 0 saturated heterocycles. The highest BCUT2D eigenvalue weighted by Gasteiger charge is 2.40. The van der Waals surface area contributed by atoms with E-state index in [2.05, 4.69) is 10.3 Å². The smallest absolute Gasteiger partial charge is 0.255 e. The fourth-order valence-corrected chi connectivity index (χ4v) is 3.10. The predicted octanol–water partition coefficient (Wildman–Crippen LogP) is 1.23. The van der Waals surface area contributed by atoms with Crippen LogP contribution in [0.2, 0.25) is 0 Å². The first-order valence-electron chi connectivity index (χ1n) is 8.34. The number of hydrogen-bond donors (Lipinski definition) is 1. The summed E-state index contributed by atoms with van der Waals surface area (Å²) in [5, 5.41) is 2.85. The van der Waals surface area contributed by atoms with Crippen molar-refractivity contribution in [2.45, 2.75) is 19.0 Å². The van der Waals surface area contributed by atoms with Crippen LogP contribution in [0, 0.1) is 0 Å². The molecule has 0 bridgehead atoms. The largest absolute Gasteiger partial charge is 0.383 e. The first-order chi connectivity index (χ1) is 12.2. The third-order valence-corrected chi connectivity index (χ3v) is 4.29. The van der Waals surface area contributed by atoms with Gasteiger partial charge in [0.05, 0.1) is 12.9 Å². The van der Waals surface area contributed by atoms with Crippen molar-refractivity contribution in [1.82, 2.24) is 19.8 Å². The van der Waals surface area contributed by atoms with Gasteiger partial charge in [0.2, 0.25) is 5.91 Å². The first kappa shape index (κ1) is 17.2. The topological polar surface area (TPSA) is 76.5 Å². The van der Waals surface area contributed by atoms with Crippen LogP contribution in [-0.2, 0) is 16.1 Å². The summed E-state index contributed by atoms with van der Waals surface area (Å²) in [6.45, 7) is 2.12. The third kappa shape index (κ3) is 3.71. The van der Waals surface area contributed by atoms with Crippen molar-refractivity contribution in [1.29, 1.82) is 0 Å². The molecule has 1 N–H and O–H groups in total. The summed E-state index contributed by atoms with van der Waals surface area (Å²) in [6, 6.07) is 6.73. The van der Waals surface area contributed by atoms with Crippen LogP contribution in [0.5, 0.6) is 0 Å². The second-order valence-corrected chi connectivity index (χ2v) is 5.93. The lowest BCUT2D eigenvalue weighted by atomic mass is 10.0. The number of aromatic nitrogens is 2. The Morgan fingerprint density at radius 2 is 2.16 bits per heavy atom. The number of ether oxygens (including phenoxy) is 1. The number of nitrogens with one attached hydrogen (secondary N) is 1. The third-order valence-electron chi connectivity index (χ3n) is 4.29. The molecular weight excluding hydrogens is 320 g/mol. The van der Waals surface area contributed by atoms with Gasteiger partial charge in [0, 0.05) is 44.7 Å². The number of rotatable bonds is 8. The van der Waals surface area contributed by atoms with Gasteiger partial charge in [-0.2, -0.15) is 0 Å². The fourth-order valence-electron chi connectivity index (χ4n) is 3.10. The minimum absolute atomic E-state index is 0.0897. The van der Waals surface area contributed by atoms with Gasteiger partial charge >= 0.3 is 0 Å². The van der Waals surface area contributed by atoms with E-state index in [1.54, 1.807) is 30.6 Å². The van der Waals surface area contributed by atoms with E-state index in [9.17, 15) is 9.59 Å². The molecule has 2 heterocycles. The Morgan fingerprint density at radius 1 is 1.32 bits per heavy atom. The molecule has 3 rings (SSSR count). The summed E-state index contributed by atoms with van der Waals surface area (Å²) in [4.78, 5) is 31.1. The monoisotopic (exact) mass is 342 g/mol. The van der Waals surface area contributed by atoms with Crippen LogP contribution < -0.4 is 5.32 Å². The Bertz CT molecular complexity index is 730. The quantitative estimate of drug-likeness (QED) is 0.732. The van der Waals surface area contributed by atoms with Gasteiger partial charge in [-0.05, 0) is 18.1 Å². The molecule has 2 amide bonds. The van der Waals surface area contributed by atoms with Crippen molar-refractivity contribution in [2.75, 3.05) is 26.8 Å². The van der Waals surface area contributed by atoms with Crippen molar-refractivity contribution in [3.63, 3.8) is 0 Å². The molecule has 1 aliphatic rings. The molecule has 0 saturated carbocycles. The molecular formula is C18H22N4O3. The van der Waals surface area contributed by atoms with E-state index in [1.165, 1.54) is 0 Å². The Morgan fingerprint density at radius 3 is 2.92 bits per heavy atom. The molecule has 1 atom stereocenters. The molecule has 0 spiro atoms. The van der Waals surface area contributed by atoms with Gasteiger partial charge in [-0.25, -0.2) is 4.98 Å². The van der Waals surface area contributed by atoms with Gasteiger partial charge in [0.25, 0.3) is 5.91 Å². The van der Waals surface area contributed by atoms with Gasteiger partial charge in [0.1, 0.15) is 6.04 Å². The number of carbonyl (C=O) groups is 2. The van der Waals surface area contributed by atoms with Crippen LogP contribution in [0.15, 0.2) is 43.0 Å². The minimum atomic E-state index is -0.580. The maximum absolute atomic E-state index is 12.7. The van der Waals surface area contributed by atoms with Crippen molar-refractivity contribution >= 4 is 11.8 Å². The standard InChI is InChI=1S/C18H22N4O3/c1-25-12-8-20-17(23)16-14-5-2-3-6-15(14)18(24)22(16)10-4-9-21-11-7-19-13-21/h2-3,5-7,11,13,16H,4,8-10,12H2,1H3,(H,20,23). The Kier molecular flexibility index (Phi) is 5.45. The van der Waals surface area contributed by atoms with Gasteiger partial charge in [0.15, 0.2) is 0 Å². The van der Waals surface area contributed by atoms with Crippen LogP contribution in [0.3, 0.4) is 0 Å². The number of amides is 2. The molecule has 0 aliphatic carbocycles. The molecule has 7 heteroatoms. The normalized spacial score (nSPS) is 16.1. The summed E-state index contributed by atoms with van der Waals surface area (Å²) in [6.07, 6.45) is 6.10. The molecule has 1 aromatic carbocycles. The summed E-state index contributed by atoms with van der Waals surface area (Å²) in [5.41, 5.74) is 1.38. The van der Waals surface area contributed by atoms with E-state index in [0.29, 0.717) is 25.3 Å². The average Bonchev–Trinajstić information content (AvgIpc) is 3.23. The maximum atomic E-state index is 12.7. The van der Waals surface area contributed by atoms with Crippen LogP contribution in [0.4, 0.5) is 0 Å². The van der Waals surface area contributed by atoms with Gasteiger partial charge < -0.3 is 19.5 Å². The van der Waals surface area contributed by atoms with E-state index < -0.39 is 6.04 Å². The lowest BCUT2D eigenvalue weighted by molar-refractivity contribution is -0.125. The molecule has 2 aromatic rings. The summed E-state index contributed by atoms with van der Waals surface area (Å²) < 4.78 is 6.93. The summed E-state index contributed by atoms with van der Waals surface area (Å²) in [5.74, 6) is -0.258. The number of carbonyl (C=O) groups excluding carboxylic acids is 2. The van der Waals surface area contributed by atoms with Crippen molar-refractivity contribution in [3.8, 4) is 0 Å². The van der Waals surface area contributed by atoms with Crippen LogP contribution >= 0.6 is 0 Å². The predicted molar refractivity (Wildman–Crippen MR) is 91.9 cm³/mol. The highest BCUT2D eigenvalue weighted by molar-refractivity contribution is 6.04. The minimum Gasteiger partial charge on any atom is -0.383 e. The molecule has 1 unspecified atom stereocenters. The molecule has 0 radical (unpaired) electrons. The van der Waals surface area contributed by atoms with Crippen molar-refractivity contribution < 1.29 is 14.3 Å². The number of benzene rings is 1. The lowest BCUT2D eigenvalue weighted by Gasteiger charge is -2.24. The number of hydrogen-bond acceptors (Lipinski definition) is 4. The second kappa shape index (κ2) is 7.94. The van der Waals surface area contributed by atoms with Crippen molar-refractivity contribution in [2.24, 2.45) is 0 Å². The van der Waals surface area contributed by atoms with Gasteiger partial charge in [-0.15, -0.1) is 0 Å². The van der Waals surface area contributed by atoms with E-state index in [-0.39, 0.29) is 11.8 Å². The van der Waals surface area contributed by atoms with E-state index in [1.807, 2.05) is 29.0 Å². The Balaban J connectivity index is 1.72. The van der Waals surface area contributed by atoms with E-state index in [0.717, 1.165) is 18.5 Å². The van der Waals surface area contributed by atoms with Gasteiger partial charge in [-0.3, -0.25) is 9.59 Å². The molecule has 132 valence electrons. The number of fused-ring (bicyclic) bond motifs is 1. The molecule has 25 heavy (non-hydrogen) atoms. The number of nitrogens with zero attached hydrogens (tertiary/aromatic N) is 3. The lowest BCUT2D eigenvalue weighted by Crippen LogP contribution is -2.40. The SMILES string of the molecule is COCCNC(=O)C1c2ccccc2C(=O)N1CCCn1ccnc1. The number of imidazole rings is 1. The zero-order valence-electron chi connectivity index (χ0n) is 14.2. The maximum Gasteiger partial charge on any atom is 0.255 e. The van der Waals surface area contributed by atoms with Crippen LogP contribution in [0.25, 0.3) is 0 Å². The zero-order valence-corrected chi connectivity index (χ0v) is 14.2. The summed E-state index contributed by atoms with van der Waals surface area (Å²) in [7, 11) is 1.59. The zero-order chi connectivity index (χ0) is 17.6. The highest BCUT2D eigenvalue weighted by Crippen LogP contribution is 2.33. The number of methoxy groups -OCH3 is 1. The molecule has 1 aliphatic heterocycles. The highest BCUT2D eigenvalue weighted by atomic mass is 16.5. The molecule has 0 fully saturated rings. The fraction of sp³-hybridized carbons (Fsp3) is 0.389. The first-order valence-corrected chi connectivity index (χ1v) is 8.34. The van der Waals surface area contributed by atoms with E-state index in [4.69, 9.17) is 4.74 Å².